The summed E-state index contributed by atoms with van der Waals surface area (Å²) in [7, 11) is 0. The maximum absolute atomic E-state index is 4.33. The zero-order valence-corrected chi connectivity index (χ0v) is 4.77. The van der Waals surface area contributed by atoms with Crippen LogP contribution in [0.15, 0.2) is 12.3 Å². The second-order valence-corrected chi connectivity index (χ2v) is 0.753. The van der Waals surface area contributed by atoms with Crippen molar-refractivity contribution in [2.75, 3.05) is 6.61 Å². The minimum atomic E-state index is 0. The van der Waals surface area contributed by atoms with Crippen molar-refractivity contribution in [3.63, 3.8) is 0 Å². The molecule has 3 heteroatoms. The van der Waals surface area contributed by atoms with Crippen LogP contribution in [0.3, 0.4) is 0 Å². The van der Waals surface area contributed by atoms with Gasteiger partial charge in [0.25, 0.3) is 0 Å². The topological polar surface area (TPSA) is 18.5 Å². The largest absolute Gasteiger partial charge is 2.00 e. The van der Waals surface area contributed by atoms with E-state index in [-0.39, 0.29) is 19.5 Å². The molecule has 0 spiro atoms. The van der Waals surface area contributed by atoms with Crippen molar-refractivity contribution in [3.05, 3.63) is 12.3 Å². The maximum Gasteiger partial charge on any atom is 2.00 e. The van der Waals surface area contributed by atoms with Gasteiger partial charge in [-0.1, -0.05) is 0 Å². The van der Waals surface area contributed by atoms with Gasteiger partial charge in [-0.3, -0.25) is 0 Å². The van der Waals surface area contributed by atoms with Crippen LogP contribution in [0.5, 0.6) is 0 Å². The van der Waals surface area contributed by atoms with Gasteiger partial charge in [0.05, 0.1) is 0 Å². The van der Waals surface area contributed by atoms with Gasteiger partial charge in [-0.15, -0.1) is 0 Å². The van der Waals surface area contributed by atoms with E-state index in [2.05, 4.69) is 9.78 Å². The molecule has 6 heavy (non-hydrogen) atoms. The third kappa shape index (κ3) is 1.53. The summed E-state index contributed by atoms with van der Waals surface area (Å²) in [6.45, 7) is 0.597. The predicted molar refractivity (Wildman–Crippen MR) is 16.2 cm³/mol. The summed E-state index contributed by atoms with van der Waals surface area (Å²) in [6, 6.07) is 0. The molecule has 1 aliphatic heterocycles. The Morgan fingerprint density at radius 1 is 1.50 bits per heavy atom. The second-order valence-electron chi connectivity index (χ2n) is 0.753. The van der Waals surface area contributed by atoms with Gasteiger partial charge in [0.1, 0.15) is 12.9 Å². The van der Waals surface area contributed by atoms with Gasteiger partial charge in [-0.2, -0.15) is 4.89 Å². The molecule has 0 aliphatic carbocycles. The molecule has 34 valence electrons. The average Bonchev–Trinajstić information content (AvgIpc) is 1.76. The van der Waals surface area contributed by atoms with Crippen molar-refractivity contribution in [3.8, 4) is 0 Å². The Bertz CT molecular complexity index is 46.8. The summed E-state index contributed by atoms with van der Waals surface area (Å²) in [5, 5.41) is 0. The second kappa shape index (κ2) is 3.32. The molecule has 0 aromatic rings. The molecule has 0 N–H and O–H groups in total. The zero-order valence-electron chi connectivity index (χ0n) is 3.03. The number of rotatable bonds is 0. The molecule has 0 saturated heterocycles. The van der Waals surface area contributed by atoms with Crippen molar-refractivity contribution in [1.29, 1.82) is 0 Å². The Balaban J connectivity index is 0.000000250. The molecule has 0 aromatic heterocycles. The van der Waals surface area contributed by atoms with Crippen LogP contribution in [-0.2, 0) is 29.3 Å². The van der Waals surface area contributed by atoms with Crippen LogP contribution in [0.2, 0.25) is 0 Å². The first kappa shape index (κ1) is 6.12. The smallest absolute Gasteiger partial charge is 0.345 e. The van der Waals surface area contributed by atoms with E-state index in [9.17, 15) is 0 Å². The fourth-order valence-electron chi connectivity index (χ4n) is 0.196. The van der Waals surface area contributed by atoms with E-state index >= 15 is 0 Å². The predicted octanol–water partition coefficient (Wildman–Crippen LogP) is 0.459. The molecule has 0 atom stereocenters. The van der Waals surface area contributed by atoms with Gasteiger partial charge >= 0.3 is 19.5 Å². The van der Waals surface area contributed by atoms with Crippen LogP contribution in [0.4, 0.5) is 0 Å². The molecule has 0 saturated carbocycles. The van der Waals surface area contributed by atoms with Gasteiger partial charge in [0.15, 0.2) is 0 Å². The first-order valence-electron chi connectivity index (χ1n) is 1.43. The van der Waals surface area contributed by atoms with Crippen LogP contribution >= 0.6 is 0 Å². The molecule has 0 amide bonds. The van der Waals surface area contributed by atoms with E-state index in [1.807, 2.05) is 0 Å². The van der Waals surface area contributed by atoms with Gasteiger partial charge in [-0.25, -0.2) is 0 Å². The van der Waals surface area contributed by atoms with Crippen LogP contribution in [-0.4, -0.2) is 6.61 Å². The molecular weight excluding hydrogens is 169 g/mol. The van der Waals surface area contributed by atoms with E-state index in [0.29, 0.717) is 6.61 Å². The van der Waals surface area contributed by atoms with Crippen LogP contribution < -0.4 is 0 Å². The molecule has 1 rings (SSSR count). The number of hydrogen-bond acceptors (Lipinski definition) is 2. The first-order valence-corrected chi connectivity index (χ1v) is 1.43. The van der Waals surface area contributed by atoms with Crippen LogP contribution in [0.25, 0.3) is 0 Å². The van der Waals surface area contributed by atoms with Crippen LogP contribution in [0, 0.1) is 0 Å². The summed E-state index contributed by atoms with van der Waals surface area (Å²) in [5.74, 6) is 0. The molecule has 0 unspecified atom stereocenters. The van der Waals surface area contributed by atoms with E-state index in [4.69, 9.17) is 0 Å². The van der Waals surface area contributed by atoms with E-state index in [1.165, 1.54) is 6.26 Å². The molecule has 0 fully saturated rings. The Morgan fingerprint density at radius 3 is 2.50 bits per heavy atom. The standard InChI is InChI=1S/C3H4O2.Ru/c1-2-4-5-3-1;/h1-2H,3H2;/q;+2. The van der Waals surface area contributed by atoms with E-state index in [1.54, 1.807) is 6.08 Å². The normalized spacial score (nSPS) is 16.0. The minimum absolute atomic E-state index is 0. The zero-order chi connectivity index (χ0) is 3.54. The Kier molecular flexibility index (Phi) is 3.39. The average molecular weight is 173 g/mol. The summed E-state index contributed by atoms with van der Waals surface area (Å²) >= 11 is 0. The Morgan fingerprint density at radius 2 is 2.33 bits per heavy atom. The SMILES string of the molecule is C1=COOC1.[Ru+2]. The Hall–Kier alpha value is 0.123. The van der Waals surface area contributed by atoms with Gasteiger partial charge in [0.2, 0.25) is 0 Å². The van der Waals surface area contributed by atoms with Crippen molar-refractivity contribution < 1.29 is 29.3 Å². The quantitative estimate of drug-likeness (QED) is 0.391. The minimum Gasteiger partial charge on any atom is -0.345 e. The molecule has 1 aliphatic rings. The summed E-state index contributed by atoms with van der Waals surface area (Å²) < 4.78 is 0. The maximum atomic E-state index is 4.33. The molecule has 0 radical (unpaired) electrons. The van der Waals surface area contributed by atoms with Crippen molar-refractivity contribution in [2.24, 2.45) is 0 Å². The molecule has 1 heterocycles. The van der Waals surface area contributed by atoms with Crippen molar-refractivity contribution in [2.45, 2.75) is 0 Å². The van der Waals surface area contributed by atoms with E-state index in [0.717, 1.165) is 0 Å². The fraction of sp³-hybridized carbons (Fsp3) is 0.333. The van der Waals surface area contributed by atoms with Crippen molar-refractivity contribution in [1.82, 2.24) is 0 Å². The van der Waals surface area contributed by atoms with Gasteiger partial charge in [-0.05, 0) is 6.08 Å². The summed E-state index contributed by atoms with van der Waals surface area (Å²) in [5.41, 5.74) is 0. The van der Waals surface area contributed by atoms with Crippen molar-refractivity contribution >= 4 is 0 Å². The molecule has 2 nitrogen and oxygen atoms in total. The molecule has 0 aromatic carbocycles. The summed E-state index contributed by atoms with van der Waals surface area (Å²) in [6.07, 6.45) is 3.31. The Labute approximate surface area is 48.8 Å². The first-order chi connectivity index (χ1) is 2.50. The van der Waals surface area contributed by atoms with Gasteiger partial charge < -0.3 is 4.89 Å². The molecule has 0 bridgehead atoms. The number of hydrogen-bond donors (Lipinski definition) is 0. The third-order valence-electron chi connectivity index (χ3n) is 0.384. The summed E-state index contributed by atoms with van der Waals surface area (Å²) in [4.78, 5) is 8.60. The fourth-order valence-corrected chi connectivity index (χ4v) is 0.196. The van der Waals surface area contributed by atoms with E-state index < -0.39 is 0 Å². The van der Waals surface area contributed by atoms with Gasteiger partial charge in [0, 0.05) is 0 Å². The van der Waals surface area contributed by atoms with Crippen LogP contribution in [0.1, 0.15) is 0 Å². The third-order valence-corrected chi connectivity index (χ3v) is 0.384. The molecular formula is C3H4O2Ru+2. The monoisotopic (exact) mass is 174 g/mol.